The smallest absolute Gasteiger partial charge is 0.282 e. The maximum absolute atomic E-state index is 13.9. The summed E-state index contributed by atoms with van der Waals surface area (Å²) in [6.45, 7) is 5.94. The van der Waals surface area contributed by atoms with E-state index in [1.54, 1.807) is 12.1 Å². The largest absolute Gasteiger partial charge is 0.495 e. The molecular weight excluding hydrogens is 436 g/mol. The lowest BCUT2D eigenvalue weighted by atomic mass is 9.99. The van der Waals surface area contributed by atoms with Crippen LogP contribution in [0.3, 0.4) is 0 Å². The number of nitrogens with zero attached hydrogens (tertiary/aromatic N) is 1. The number of anilines is 2. The van der Waals surface area contributed by atoms with Gasteiger partial charge in [0.15, 0.2) is 0 Å². The Kier molecular flexibility index (Phi) is 5.61. The minimum absolute atomic E-state index is 0.248. The molecule has 0 radical (unpaired) electrons. The van der Waals surface area contributed by atoms with Crippen molar-refractivity contribution in [1.29, 1.82) is 0 Å². The van der Waals surface area contributed by atoms with Crippen LogP contribution in [0.25, 0.3) is 16.3 Å². The molecule has 5 heteroatoms. The number of fused-ring (bicyclic) bond motifs is 1. The predicted octanol–water partition coefficient (Wildman–Crippen LogP) is 6.17. The van der Waals surface area contributed by atoms with Gasteiger partial charge in [-0.1, -0.05) is 60.7 Å². The monoisotopic (exact) mass is 462 g/mol. The SMILES string of the molecule is COc1ccc(C)cc1N1C(=O)C(Nc2cccc3ccccc23)=C(c2ccc(C)c(C)c2)C1=O. The molecule has 0 aliphatic carbocycles. The van der Waals surface area contributed by atoms with Crippen molar-refractivity contribution < 1.29 is 14.3 Å². The van der Waals surface area contributed by atoms with Crippen LogP contribution in [-0.4, -0.2) is 18.9 Å². The molecule has 0 saturated heterocycles. The number of methoxy groups -OCH3 is 1. The van der Waals surface area contributed by atoms with E-state index >= 15 is 0 Å². The average molecular weight is 463 g/mol. The third-order valence-electron chi connectivity index (χ3n) is 6.50. The maximum atomic E-state index is 13.9. The lowest BCUT2D eigenvalue weighted by molar-refractivity contribution is -0.120. The van der Waals surface area contributed by atoms with Gasteiger partial charge in [0.2, 0.25) is 0 Å². The quantitative estimate of drug-likeness (QED) is 0.360. The Morgan fingerprint density at radius 2 is 1.54 bits per heavy atom. The number of nitrogens with one attached hydrogen (secondary N) is 1. The molecule has 0 spiro atoms. The van der Waals surface area contributed by atoms with Gasteiger partial charge in [-0.3, -0.25) is 9.59 Å². The fourth-order valence-electron chi connectivity index (χ4n) is 4.47. The number of hydrogen-bond acceptors (Lipinski definition) is 4. The first-order valence-electron chi connectivity index (χ1n) is 11.5. The number of imide groups is 1. The van der Waals surface area contributed by atoms with E-state index in [1.165, 1.54) is 12.0 Å². The van der Waals surface area contributed by atoms with Crippen LogP contribution in [0.4, 0.5) is 11.4 Å². The second-order valence-corrected chi connectivity index (χ2v) is 8.82. The van der Waals surface area contributed by atoms with Crippen LogP contribution in [0, 0.1) is 20.8 Å². The number of hydrogen-bond donors (Lipinski definition) is 1. The minimum Gasteiger partial charge on any atom is -0.495 e. The van der Waals surface area contributed by atoms with Gasteiger partial charge in [0.25, 0.3) is 11.8 Å². The van der Waals surface area contributed by atoms with Gasteiger partial charge in [-0.05, 0) is 66.6 Å². The van der Waals surface area contributed by atoms with E-state index in [1.807, 2.05) is 87.5 Å². The maximum Gasteiger partial charge on any atom is 0.282 e. The Hall–Kier alpha value is -4.38. The van der Waals surface area contributed by atoms with E-state index in [9.17, 15) is 9.59 Å². The van der Waals surface area contributed by atoms with Crippen LogP contribution < -0.4 is 15.0 Å². The minimum atomic E-state index is -0.417. The van der Waals surface area contributed by atoms with Crippen molar-refractivity contribution in [2.45, 2.75) is 20.8 Å². The van der Waals surface area contributed by atoms with Crippen LogP contribution in [0.5, 0.6) is 5.75 Å². The first-order valence-corrected chi connectivity index (χ1v) is 11.5. The highest BCUT2D eigenvalue weighted by molar-refractivity contribution is 6.46. The van der Waals surface area contributed by atoms with Gasteiger partial charge in [-0.2, -0.15) is 0 Å². The summed E-state index contributed by atoms with van der Waals surface area (Å²) in [5, 5.41) is 5.33. The molecule has 0 bridgehead atoms. The van der Waals surface area contributed by atoms with Crippen LogP contribution in [-0.2, 0) is 9.59 Å². The van der Waals surface area contributed by atoms with Crippen molar-refractivity contribution in [3.63, 3.8) is 0 Å². The molecular formula is C30H26N2O3. The number of amides is 2. The lowest BCUT2D eigenvalue weighted by Crippen LogP contribution is -2.32. The van der Waals surface area contributed by atoms with E-state index in [0.29, 0.717) is 22.6 Å². The second kappa shape index (κ2) is 8.76. The molecule has 1 aliphatic rings. The second-order valence-electron chi connectivity index (χ2n) is 8.82. The van der Waals surface area contributed by atoms with Crippen LogP contribution in [0.2, 0.25) is 0 Å². The number of benzene rings is 4. The molecule has 2 amide bonds. The summed E-state index contributed by atoms with van der Waals surface area (Å²) in [4.78, 5) is 29.0. The highest BCUT2D eigenvalue weighted by Gasteiger charge is 2.41. The summed E-state index contributed by atoms with van der Waals surface area (Å²) in [5.74, 6) is -0.340. The fraction of sp³-hybridized carbons (Fsp3) is 0.133. The van der Waals surface area contributed by atoms with Gasteiger partial charge in [-0.15, -0.1) is 0 Å². The van der Waals surface area contributed by atoms with Crippen LogP contribution in [0.15, 0.2) is 84.6 Å². The van der Waals surface area contributed by atoms with E-state index in [-0.39, 0.29) is 11.6 Å². The number of carbonyl (C=O) groups is 2. The Morgan fingerprint density at radius 1 is 0.771 bits per heavy atom. The van der Waals surface area contributed by atoms with Gasteiger partial charge in [0.05, 0.1) is 18.4 Å². The van der Waals surface area contributed by atoms with E-state index in [0.717, 1.165) is 33.2 Å². The van der Waals surface area contributed by atoms with Gasteiger partial charge in [0.1, 0.15) is 11.4 Å². The highest BCUT2D eigenvalue weighted by atomic mass is 16.5. The molecule has 4 aromatic rings. The topological polar surface area (TPSA) is 58.6 Å². The Morgan fingerprint density at radius 3 is 2.31 bits per heavy atom. The van der Waals surface area contributed by atoms with Gasteiger partial charge in [-0.25, -0.2) is 4.90 Å². The summed E-state index contributed by atoms with van der Waals surface area (Å²) in [6.07, 6.45) is 0. The lowest BCUT2D eigenvalue weighted by Gasteiger charge is -2.19. The standard InChI is InChI=1S/C30H26N2O3/c1-18-12-15-26(35-4)25(16-18)32-29(33)27(22-14-13-19(2)20(3)17-22)28(30(32)34)31-24-11-7-9-21-8-5-6-10-23(21)24/h5-17,31H,1-4H3. The number of aryl methyl sites for hydroxylation is 3. The molecule has 174 valence electrons. The predicted molar refractivity (Wildman–Crippen MR) is 141 cm³/mol. The molecule has 0 unspecified atom stereocenters. The van der Waals surface area contributed by atoms with E-state index in [2.05, 4.69) is 5.32 Å². The van der Waals surface area contributed by atoms with Crippen LogP contribution in [0.1, 0.15) is 22.3 Å². The molecule has 1 heterocycles. The number of rotatable bonds is 5. The third-order valence-corrected chi connectivity index (χ3v) is 6.50. The van der Waals surface area contributed by atoms with Crippen LogP contribution >= 0.6 is 0 Å². The molecule has 0 atom stereocenters. The molecule has 1 aliphatic heterocycles. The van der Waals surface area contributed by atoms with Crippen molar-refractivity contribution in [3.05, 3.63) is 107 Å². The van der Waals surface area contributed by atoms with E-state index in [4.69, 9.17) is 4.74 Å². The van der Waals surface area contributed by atoms with Crippen molar-refractivity contribution in [3.8, 4) is 5.75 Å². The van der Waals surface area contributed by atoms with Gasteiger partial charge >= 0.3 is 0 Å². The number of ether oxygens (including phenoxy) is 1. The fourth-order valence-corrected chi connectivity index (χ4v) is 4.47. The van der Waals surface area contributed by atoms with Crippen molar-refractivity contribution in [2.75, 3.05) is 17.3 Å². The average Bonchev–Trinajstić information content (AvgIpc) is 3.10. The Labute approximate surface area is 204 Å². The molecule has 1 N–H and O–H groups in total. The van der Waals surface area contributed by atoms with Crippen molar-refractivity contribution >= 4 is 39.5 Å². The molecule has 35 heavy (non-hydrogen) atoms. The summed E-state index contributed by atoms with van der Waals surface area (Å²) in [5.41, 5.74) is 5.57. The Balaban J connectivity index is 1.70. The summed E-state index contributed by atoms with van der Waals surface area (Å²) < 4.78 is 5.51. The molecule has 0 saturated carbocycles. The summed E-state index contributed by atoms with van der Waals surface area (Å²) >= 11 is 0. The zero-order valence-electron chi connectivity index (χ0n) is 20.2. The third kappa shape index (κ3) is 3.85. The zero-order valence-corrected chi connectivity index (χ0v) is 20.2. The Bertz CT molecular complexity index is 1530. The molecule has 4 aromatic carbocycles. The molecule has 5 nitrogen and oxygen atoms in total. The number of carbonyl (C=O) groups excluding carboxylic acids is 2. The first-order chi connectivity index (χ1) is 16.9. The normalized spacial score (nSPS) is 13.7. The van der Waals surface area contributed by atoms with Crippen molar-refractivity contribution in [1.82, 2.24) is 0 Å². The first kappa shape index (κ1) is 22.4. The summed E-state index contributed by atoms with van der Waals surface area (Å²) in [6, 6.07) is 25.1. The van der Waals surface area contributed by atoms with E-state index < -0.39 is 5.91 Å². The molecule has 0 fully saturated rings. The zero-order chi connectivity index (χ0) is 24.7. The summed E-state index contributed by atoms with van der Waals surface area (Å²) in [7, 11) is 1.53. The molecule has 0 aromatic heterocycles. The van der Waals surface area contributed by atoms with Gasteiger partial charge < -0.3 is 10.1 Å². The van der Waals surface area contributed by atoms with Gasteiger partial charge in [0, 0.05) is 11.1 Å². The highest BCUT2D eigenvalue weighted by Crippen LogP contribution is 2.39. The molecule has 5 rings (SSSR count). The van der Waals surface area contributed by atoms with Crippen molar-refractivity contribution in [2.24, 2.45) is 0 Å².